The van der Waals surface area contributed by atoms with E-state index in [1.54, 1.807) is 0 Å². The maximum atomic E-state index is 13.8. The summed E-state index contributed by atoms with van der Waals surface area (Å²) in [5.74, 6) is -2.70. The van der Waals surface area contributed by atoms with Gasteiger partial charge in [-0.05, 0) is 17.7 Å². The Morgan fingerprint density at radius 2 is 1.89 bits per heavy atom. The average molecular weight is 383 g/mol. The largest absolute Gasteiger partial charge is 0.281 e. The van der Waals surface area contributed by atoms with E-state index in [1.165, 1.54) is 11.3 Å². The lowest BCUT2D eigenvalue weighted by molar-refractivity contribution is 0.100. The molecule has 0 spiro atoms. The summed E-state index contributed by atoms with van der Waals surface area (Å²) < 4.78 is 27.7. The van der Waals surface area contributed by atoms with Gasteiger partial charge in [0.05, 0.1) is 10.9 Å². The van der Waals surface area contributed by atoms with Gasteiger partial charge < -0.3 is 0 Å². The molecule has 27 heavy (non-hydrogen) atoms. The van der Waals surface area contributed by atoms with Crippen molar-refractivity contribution in [1.29, 1.82) is 0 Å². The van der Waals surface area contributed by atoms with E-state index >= 15 is 0 Å². The molecule has 0 saturated heterocycles. The normalized spacial score (nSPS) is 10.9. The Balaban J connectivity index is 1.76. The van der Waals surface area contributed by atoms with Crippen molar-refractivity contribution >= 4 is 27.5 Å². The summed E-state index contributed by atoms with van der Waals surface area (Å²) >= 11 is 1.31. The van der Waals surface area contributed by atoms with E-state index in [-0.39, 0.29) is 5.56 Å². The van der Waals surface area contributed by atoms with Crippen LogP contribution in [0.5, 0.6) is 0 Å². The van der Waals surface area contributed by atoms with Gasteiger partial charge in [0.2, 0.25) is 0 Å². The molecule has 0 aliphatic carbocycles. The van der Waals surface area contributed by atoms with Crippen LogP contribution in [0.3, 0.4) is 0 Å². The summed E-state index contributed by atoms with van der Waals surface area (Å²) in [6, 6.07) is 11.9. The number of nitrogens with zero attached hydrogens (tertiary/aromatic N) is 2. The molecule has 2 aromatic heterocycles. The van der Waals surface area contributed by atoms with Crippen LogP contribution < -0.4 is 11.0 Å². The van der Waals surface area contributed by atoms with Crippen molar-refractivity contribution < 1.29 is 13.6 Å². The van der Waals surface area contributed by atoms with Crippen LogP contribution in [-0.2, 0) is 0 Å². The number of carbonyl (C=O) groups is 1. The molecule has 0 saturated carbocycles. The minimum absolute atomic E-state index is 0.355. The fraction of sp³-hybridized carbons (Fsp3) is 0. The molecule has 5 nitrogen and oxygen atoms in total. The lowest BCUT2D eigenvalue weighted by Crippen LogP contribution is -2.33. The zero-order chi connectivity index (χ0) is 19.0. The topological polar surface area (TPSA) is 64.0 Å². The van der Waals surface area contributed by atoms with E-state index in [9.17, 15) is 18.4 Å². The summed E-state index contributed by atoms with van der Waals surface area (Å²) in [4.78, 5) is 29.8. The van der Waals surface area contributed by atoms with E-state index in [0.29, 0.717) is 21.8 Å². The first-order chi connectivity index (χ1) is 13.0. The summed E-state index contributed by atoms with van der Waals surface area (Å²) in [6.07, 6.45) is 1.16. The Kier molecular flexibility index (Phi) is 4.25. The van der Waals surface area contributed by atoms with Gasteiger partial charge in [0.15, 0.2) is 0 Å². The van der Waals surface area contributed by atoms with E-state index in [2.05, 4.69) is 10.4 Å². The molecule has 0 aliphatic heterocycles. The second-order valence-electron chi connectivity index (χ2n) is 5.68. The number of rotatable bonds is 3. The SMILES string of the molecule is O=C(Nn1cnc2scc(-c3ccccc3)c2c1=O)c1ccc(F)cc1F. The number of hydrogen-bond acceptors (Lipinski definition) is 4. The number of amides is 1. The van der Waals surface area contributed by atoms with Crippen LogP contribution >= 0.6 is 11.3 Å². The van der Waals surface area contributed by atoms with Gasteiger partial charge in [0.25, 0.3) is 11.5 Å². The smallest absolute Gasteiger partial charge is 0.267 e. The Morgan fingerprint density at radius 1 is 1.11 bits per heavy atom. The van der Waals surface area contributed by atoms with Crippen molar-refractivity contribution in [1.82, 2.24) is 9.66 Å². The molecular weight excluding hydrogens is 372 g/mol. The van der Waals surface area contributed by atoms with Crippen molar-refractivity contribution in [2.75, 3.05) is 5.43 Å². The van der Waals surface area contributed by atoms with Gasteiger partial charge in [-0.3, -0.25) is 15.0 Å². The highest BCUT2D eigenvalue weighted by Crippen LogP contribution is 2.30. The molecule has 1 amide bonds. The molecular formula is C19H11F2N3O2S. The first kappa shape index (κ1) is 17.0. The fourth-order valence-corrected chi connectivity index (χ4v) is 3.59. The van der Waals surface area contributed by atoms with Crippen LogP contribution in [0.4, 0.5) is 8.78 Å². The van der Waals surface area contributed by atoms with E-state index in [0.717, 1.165) is 28.7 Å². The molecule has 2 aromatic carbocycles. The molecule has 0 bridgehead atoms. The Hall–Kier alpha value is -3.39. The monoisotopic (exact) mass is 383 g/mol. The fourth-order valence-electron chi connectivity index (χ4n) is 2.69. The highest BCUT2D eigenvalue weighted by Gasteiger charge is 2.17. The number of aromatic nitrogens is 2. The third-order valence-corrected chi connectivity index (χ3v) is 4.86. The van der Waals surface area contributed by atoms with Crippen molar-refractivity contribution in [3.05, 3.63) is 87.8 Å². The van der Waals surface area contributed by atoms with Crippen molar-refractivity contribution in [3.8, 4) is 11.1 Å². The number of fused-ring (bicyclic) bond motifs is 1. The van der Waals surface area contributed by atoms with E-state index in [1.807, 2.05) is 35.7 Å². The predicted molar refractivity (Wildman–Crippen MR) is 99.4 cm³/mol. The first-order valence-corrected chi connectivity index (χ1v) is 8.73. The zero-order valence-electron chi connectivity index (χ0n) is 13.6. The minimum Gasteiger partial charge on any atom is -0.267 e. The van der Waals surface area contributed by atoms with E-state index < -0.39 is 23.1 Å². The minimum atomic E-state index is -1.02. The van der Waals surface area contributed by atoms with Gasteiger partial charge in [0.1, 0.15) is 22.8 Å². The molecule has 0 atom stereocenters. The van der Waals surface area contributed by atoms with Crippen LogP contribution in [0.15, 0.2) is 65.0 Å². The van der Waals surface area contributed by atoms with Gasteiger partial charge in [-0.15, -0.1) is 11.3 Å². The molecule has 0 fully saturated rings. The third kappa shape index (κ3) is 3.11. The number of benzene rings is 2. The molecule has 0 radical (unpaired) electrons. The number of hydrogen-bond donors (Lipinski definition) is 1. The van der Waals surface area contributed by atoms with Gasteiger partial charge in [-0.1, -0.05) is 30.3 Å². The summed E-state index contributed by atoms with van der Waals surface area (Å²) in [5.41, 5.74) is 2.97. The number of carbonyl (C=O) groups excluding carboxylic acids is 1. The first-order valence-electron chi connectivity index (χ1n) is 7.85. The van der Waals surface area contributed by atoms with Gasteiger partial charge >= 0.3 is 0 Å². The van der Waals surface area contributed by atoms with Crippen LogP contribution in [0, 0.1) is 11.6 Å². The second kappa shape index (κ2) is 6.73. The molecule has 4 rings (SSSR count). The Morgan fingerprint density at radius 3 is 2.63 bits per heavy atom. The molecule has 8 heteroatoms. The quantitative estimate of drug-likeness (QED) is 0.586. The maximum Gasteiger partial charge on any atom is 0.281 e. The molecule has 1 N–H and O–H groups in total. The zero-order valence-corrected chi connectivity index (χ0v) is 14.5. The summed E-state index contributed by atoms with van der Waals surface area (Å²) in [5, 5.41) is 2.17. The van der Waals surface area contributed by atoms with Crippen molar-refractivity contribution in [2.24, 2.45) is 0 Å². The van der Waals surface area contributed by atoms with Crippen molar-refractivity contribution in [3.63, 3.8) is 0 Å². The highest BCUT2D eigenvalue weighted by molar-refractivity contribution is 7.17. The van der Waals surface area contributed by atoms with Crippen LogP contribution in [-0.4, -0.2) is 15.6 Å². The average Bonchev–Trinajstić information content (AvgIpc) is 3.09. The van der Waals surface area contributed by atoms with Crippen LogP contribution in [0.1, 0.15) is 10.4 Å². The highest BCUT2D eigenvalue weighted by atomic mass is 32.1. The standard InChI is InChI=1S/C19H11F2N3O2S/c20-12-6-7-13(15(21)8-12)17(25)23-24-10-22-18-16(19(24)26)14(9-27-18)11-4-2-1-3-5-11/h1-10H,(H,23,25). The lowest BCUT2D eigenvalue weighted by Gasteiger charge is -2.09. The third-order valence-electron chi connectivity index (χ3n) is 3.98. The number of halogens is 2. The second-order valence-corrected chi connectivity index (χ2v) is 6.54. The van der Waals surface area contributed by atoms with Gasteiger partial charge in [-0.25, -0.2) is 18.4 Å². The Bertz CT molecular complexity index is 1220. The van der Waals surface area contributed by atoms with Gasteiger partial charge in [0, 0.05) is 17.0 Å². The molecule has 2 heterocycles. The maximum absolute atomic E-state index is 13.8. The summed E-state index contributed by atoms with van der Waals surface area (Å²) in [6.45, 7) is 0. The predicted octanol–water partition coefficient (Wildman–Crippen LogP) is 3.79. The van der Waals surface area contributed by atoms with E-state index in [4.69, 9.17) is 0 Å². The lowest BCUT2D eigenvalue weighted by atomic mass is 10.1. The van der Waals surface area contributed by atoms with Crippen LogP contribution in [0.25, 0.3) is 21.3 Å². The number of thiophene rings is 1. The molecule has 0 unspecified atom stereocenters. The Labute approximate surface area is 155 Å². The van der Waals surface area contributed by atoms with Crippen LogP contribution in [0.2, 0.25) is 0 Å². The number of nitrogens with one attached hydrogen (secondary N) is 1. The van der Waals surface area contributed by atoms with Crippen molar-refractivity contribution in [2.45, 2.75) is 0 Å². The molecule has 4 aromatic rings. The van der Waals surface area contributed by atoms with Gasteiger partial charge in [-0.2, -0.15) is 0 Å². The molecule has 134 valence electrons. The molecule has 0 aliphatic rings. The summed E-state index contributed by atoms with van der Waals surface area (Å²) in [7, 11) is 0.